The molecule has 1 rings (SSSR count). The first-order valence-electron chi connectivity index (χ1n) is 6.17. The molecule has 1 N–H and O–H groups in total. The van der Waals surface area contributed by atoms with Crippen molar-refractivity contribution < 1.29 is 0 Å². The standard InChI is InChI=1S/C12H24N4/c1-10(2)7-5-6-8-13-9-12-15-14-11(3)16(12)4/h10,13H,5-9H2,1-4H3. The molecule has 92 valence electrons. The SMILES string of the molecule is Cc1nnc(CNCCCCC(C)C)n1C. The Morgan fingerprint density at radius 1 is 1.25 bits per heavy atom. The van der Waals surface area contributed by atoms with Gasteiger partial charge in [0.25, 0.3) is 0 Å². The molecule has 0 aliphatic heterocycles. The minimum atomic E-state index is 0.818. The maximum atomic E-state index is 4.11. The Morgan fingerprint density at radius 2 is 2.00 bits per heavy atom. The molecule has 0 amide bonds. The van der Waals surface area contributed by atoms with Crippen LogP contribution in [0.4, 0.5) is 0 Å². The van der Waals surface area contributed by atoms with Crippen LogP contribution < -0.4 is 5.32 Å². The minimum absolute atomic E-state index is 0.818. The van der Waals surface area contributed by atoms with Crippen LogP contribution in [0.3, 0.4) is 0 Å². The molecule has 1 aromatic rings. The quantitative estimate of drug-likeness (QED) is 0.721. The summed E-state index contributed by atoms with van der Waals surface area (Å²) in [5, 5.41) is 11.5. The fourth-order valence-corrected chi connectivity index (χ4v) is 1.61. The Hall–Kier alpha value is -0.900. The third-order valence-corrected chi connectivity index (χ3v) is 2.85. The first-order valence-corrected chi connectivity index (χ1v) is 6.17. The fourth-order valence-electron chi connectivity index (χ4n) is 1.61. The Bertz CT molecular complexity index is 304. The van der Waals surface area contributed by atoms with Crippen molar-refractivity contribution in [3.05, 3.63) is 11.6 Å². The van der Waals surface area contributed by atoms with Crippen molar-refractivity contribution >= 4 is 0 Å². The molecule has 0 fully saturated rings. The molecule has 1 heterocycles. The van der Waals surface area contributed by atoms with Gasteiger partial charge in [-0.05, 0) is 25.8 Å². The molecule has 0 aromatic carbocycles. The first kappa shape index (κ1) is 13.2. The summed E-state index contributed by atoms with van der Waals surface area (Å²) >= 11 is 0. The van der Waals surface area contributed by atoms with Gasteiger partial charge in [-0.25, -0.2) is 0 Å². The van der Waals surface area contributed by atoms with E-state index in [0.717, 1.165) is 30.7 Å². The van der Waals surface area contributed by atoms with Gasteiger partial charge in [-0.2, -0.15) is 0 Å². The highest BCUT2D eigenvalue weighted by atomic mass is 15.3. The van der Waals surface area contributed by atoms with E-state index in [2.05, 4.69) is 29.4 Å². The highest BCUT2D eigenvalue weighted by Crippen LogP contribution is 2.05. The van der Waals surface area contributed by atoms with E-state index in [9.17, 15) is 0 Å². The molecule has 0 bridgehead atoms. The van der Waals surface area contributed by atoms with Gasteiger partial charge in [-0.15, -0.1) is 10.2 Å². The maximum Gasteiger partial charge on any atom is 0.146 e. The van der Waals surface area contributed by atoms with Crippen LogP contribution >= 0.6 is 0 Å². The van der Waals surface area contributed by atoms with E-state index >= 15 is 0 Å². The van der Waals surface area contributed by atoms with Crippen molar-refractivity contribution in [2.75, 3.05) is 6.54 Å². The molecule has 0 saturated heterocycles. The third-order valence-electron chi connectivity index (χ3n) is 2.85. The topological polar surface area (TPSA) is 42.7 Å². The minimum Gasteiger partial charge on any atom is -0.317 e. The van der Waals surface area contributed by atoms with Crippen LogP contribution in [-0.2, 0) is 13.6 Å². The maximum absolute atomic E-state index is 4.11. The van der Waals surface area contributed by atoms with Crippen LogP contribution in [0.2, 0.25) is 0 Å². The van der Waals surface area contributed by atoms with Gasteiger partial charge >= 0.3 is 0 Å². The lowest BCUT2D eigenvalue weighted by atomic mass is 10.1. The van der Waals surface area contributed by atoms with E-state index in [4.69, 9.17) is 0 Å². The van der Waals surface area contributed by atoms with Gasteiger partial charge in [-0.1, -0.05) is 26.7 Å². The summed E-state index contributed by atoms with van der Waals surface area (Å²) in [6.45, 7) is 8.41. The molecule has 4 heteroatoms. The summed E-state index contributed by atoms with van der Waals surface area (Å²) in [7, 11) is 2.01. The lowest BCUT2D eigenvalue weighted by Gasteiger charge is -2.06. The molecule has 0 spiro atoms. The Balaban J connectivity index is 2.10. The summed E-state index contributed by atoms with van der Waals surface area (Å²) in [6.07, 6.45) is 3.88. The summed E-state index contributed by atoms with van der Waals surface area (Å²) < 4.78 is 2.03. The molecular formula is C12H24N4. The second kappa shape index (κ2) is 6.63. The van der Waals surface area contributed by atoms with Gasteiger partial charge in [0.2, 0.25) is 0 Å². The molecular weight excluding hydrogens is 200 g/mol. The first-order chi connectivity index (χ1) is 7.61. The lowest BCUT2D eigenvalue weighted by Crippen LogP contribution is -2.17. The van der Waals surface area contributed by atoms with Crippen molar-refractivity contribution in [1.29, 1.82) is 0 Å². The van der Waals surface area contributed by atoms with E-state index < -0.39 is 0 Å². The van der Waals surface area contributed by atoms with E-state index in [0.29, 0.717) is 0 Å². The highest BCUT2D eigenvalue weighted by molar-refractivity contribution is 4.91. The molecule has 4 nitrogen and oxygen atoms in total. The van der Waals surface area contributed by atoms with Crippen molar-refractivity contribution in [3.63, 3.8) is 0 Å². The average Bonchev–Trinajstić information content (AvgIpc) is 2.54. The molecule has 0 aliphatic rings. The molecule has 0 unspecified atom stereocenters. The molecule has 0 radical (unpaired) electrons. The largest absolute Gasteiger partial charge is 0.317 e. The van der Waals surface area contributed by atoms with Gasteiger partial charge in [-0.3, -0.25) is 0 Å². The fraction of sp³-hybridized carbons (Fsp3) is 0.833. The third kappa shape index (κ3) is 4.31. The second-order valence-electron chi connectivity index (χ2n) is 4.79. The van der Waals surface area contributed by atoms with Crippen molar-refractivity contribution in [1.82, 2.24) is 20.1 Å². The van der Waals surface area contributed by atoms with Gasteiger partial charge in [0.05, 0.1) is 6.54 Å². The van der Waals surface area contributed by atoms with Crippen molar-refractivity contribution in [3.8, 4) is 0 Å². The number of aryl methyl sites for hydroxylation is 1. The predicted octanol–water partition coefficient (Wildman–Crippen LogP) is 2.04. The Morgan fingerprint density at radius 3 is 2.56 bits per heavy atom. The van der Waals surface area contributed by atoms with Gasteiger partial charge in [0.15, 0.2) is 0 Å². The number of unbranched alkanes of at least 4 members (excludes halogenated alkanes) is 1. The van der Waals surface area contributed by atoms with Crippen molar-refractivity contribution in [2.24, 2.45) is 13.0 Å². The Kier molecular flexibility index (Phi) is 5.46. The van der Waals surface area contributed by atoms with Gasteiger partial charge < -0.3 is 9.88 Å². The van der Waals surface area contributed by atoms with Crippen LogP contribution in [-0.4, -0.2) is 21.3 Å². The van der Waals surface area contributed by atoms with Crippen LogP contribution in [0.15, 0.2) is 0 Å². The van der Waals surface area contributed by atoms with Crippen molar-refractivity contribution in [2.45, 2.75) is 46.6 Å². The zero-order valence-electron chi connectivity index (χ0n) is 11.0. The molecule has 1 aromatic heterocycles. The van der Waals surface area contributed by atoms with E-state index in [1.807, 2.05) is 18.5 Å². The average molecular weight is 224 g/mol. The predicted molar refractivity (Wildman–Crippen MR) is 66.1 cm³/mol. The number of hydrogen-bond acceptors (Lipinski definition) is 3. The molecule has 0 saturated carbocycles. The number of aromatic nitrogens is 3. The van der Waals surface area contributed by atoms with Crippen LogP contribution in [0.1, 0.15) is 44.8 Å². The van der Waals surface area contributed by atoms with Gasteiger partial charge in [0.1, 0.15) is 11.6 Å². The smallest absolute Gasteiger partial charge is 0.146 e. The number of nitrogens with zero attached hydrogens (tertiary/aromatic N) is 3. The van der Waals surface area contributed by atoms with Gasteiger partial charge in [0, 0.05) is 7.05 Å². The Labute approximate surface area is 98.5 Å². The number of nitrogens with one attached hydrogen (secondary N) is 1. The lowest BCUT2D eigenvalue weighted by molar-refractivity contribution is 0.515. The van der Waals surface area contributed by atoms with E-state index in [-0.39, 0.29) is 0 Å². The second-order valence-corrected chi connectivity index (χ2v) is 4.79. The normalized spacial score (nSPS) is 11.3. The molecule has 16 heavy (non-hydrogen) atoms. The summed E-state index contributed by atoms with van der Waals surface area (Å²) in [6, 6.07) is 0. The van der Waals surface area contributed by atoms with Crippen LogP contribution in [0, 0.1) is 12.8 Å². The molecule has 0 aliphatic carbocycles. The zero-order valence-corrected chi connectivity index (χ0v) is 11.0. The number of rotatable bonds is 7. The summed E-state index contributed by atoms with van der Waals surface area (Å²) in [5.74, 6) is 2.80. The summed E-state index contributed by atoms with van der Waals surface area (Å²) in [5.41, 5.74) is 0. The van der Waals surface area contributed by atoms with E-state index in [1.54, 1.807) is 0 Å². The molecule has 0 atom stereocenters. The zero-order chi connectivity index (χ0) is 12.0. The summed E-state index contributed by atoms with van der Waals surface area (Å²) in [4.78, 5) is 0. The number of hydrogen-bond donors (Lipinski definition) is 1. The van der Waals surface area contributed by atoms with Crippen LogP contribution in [0.5, 0.6) is 0 Å². The van der Waals surface area contributed by atoms with Crippen LogP contribution in [0.25, 0.3) is 0 Å². The van der Waals surface area contributed by atoms with E-state index in [1.165, 1.54) is 19.3 Å². The monoisotopic (exact) mass is 224 g/mol. The highest BCUT2D eigenvalue weighted by Gasteiger charge is 2.03.